The molecule has 1 N–H and O–H groups in total. The van der Waals surface area contributed by atoms with Gasteiger partial charge in [-0.2, -0.15) is 5.26 Å². The Balaban J connectivity index is 2.29. The van der Waals surface area contributed by atoms with Gasteiger partial charge in [-0.15, -0.1) is 0 Å². The lowest BCUT2D eigenvalue weighted by molar-refractivity contribution is -0.385. The van der Waals surface area contributed by atoms with Crippen molar-refractivity contribution < 1.29 is 14.1 Å². The van der Waals surface area contributed by atoms with Crippen LogP contribution in [0.2, 0.25) is 5.02 Å². The molecule has 0 saturated heterocycles. The van der Waals surface area contributed by atoms with Crippen LogP contribution in [-0.2, 0) is 4.79 Å². The Morgan fingerprint density at radius 2 is 2.08 bits per heavy atom. The van der Waals surface area contributed by atoms with Crippen LogP contribution in [0.5, 0.6) is 0 Å². The monoisotopic (exact) mass is 359 g/mol. The molecule has 0 aliphatic carbocycles. The van der Waals surface area contributed by atoms with E-state index in [4.69, 9.17) is 16.9 Å². The Labute approximate surface area is 147 Å². The number of carbonyl (C=O) groups is 1. The smallest absolute Gasteiger partial charge is 0.272 e. The minimum atomic E-state index is -0.742. The van der Waals surface area contributed by atoms with E-state index in [9.17, 15) is 19.3 Å². The van der Waals surface area contributed by atoms with Gasteiger partial charge in [-0.1, -0.05) is 23.7 Å². The normalized spacial score (nSPS) is 10.9. The SMILES string of the molecule is Cc1ccc(/C=C(\C#N)C(=O)Nc2ccc(F)c(Cl)c2)cc1[N+](=O)[O-]. The maximum atomic E-state index is 13.1. The first kappa shape index (κ1) is 18.1. The fraction of sp³-hybridized carbons (Fsp3) is 0.0588. The van der Waals surface area contributed by atoms with Gasteiger partial charge in [0.05, 0.1) is 9.95 Å². The van der Waals surface area contributed by atoms with E-state index in [0.717, 1.165) is 6.07 Å². The molecule has 0 atom stereocenters. The van der Waals surface area contributed by atoms with Crippen LogP contribution in [0.1, 0.15) is 11.1 Å². The summed E-state index contributed by atoms with van der Waals surface area (Å²) in [4.78, 5) is 22.6. The highest BCUT2D eigenvalue weighted by molar-refractivity contribution is 6.31. The molecule has 0 heterocycles. The molecule has 8 heteroatoms. The lowest BCUT2D eigenvalue weighted by Crippen LogP contribution is -2.13. The molecule has 1 amide bonds. The Kier molecular flexibility index (Phi) is 5.47. The molecule has 0 saturated carbocycles. The molecule has 0 aromatic heterocycles. The number of hydrogen-bond acceptors (Lipinski definition) is 4. The fourth-order valence-electron chi connectivity index (χ4n) is 2.00. The quantitative estimate of drug-likeness (QED) is 0.382. The Bertz CT molecular complexity index is 935. The number of anilines is 1. The summed E-state index contributed by atoms with van der Waals surface area (Å²) in [5, 5.41) is 22.4. The van der Waals surface area contributed by atoms with Gasteiger partial charge in [0.2, 0.25) is 0 Å². The minimum absolute atomic E-state index is 0.114. The molecule has 0 bridgehead atoms. The molecule has 25 heavy (non-hydrogen) atoms. The third-order valence-electron chi connectivity index (χ3n) is 3.28. The fourth-order valence-corrected chi connectivity index (χ4v) is 2.18. The summed E-state index contributed by atoms with van der Waals surface area (Å²) in [7, 11) is 0. The molecule has 6 nitrogen and oxygen atoms in total. The second kappa shape index (κ2) is 7.55. The third kappa shape index (κ3) is 4.40. The second-order valence-corrected chi connectivity index (χ2v) is 5.46. The number of carbonyl (C=O) groups excluding carboxylic acids is 1. The molecule has 2 aromatic carbocycles. The minimum Gasteiger partial charge on any atom is -0.321 e. The van der Waals surface area contributed by atoms with Crippen LogP contribution in [0.3, 0.4) is 0 Å². The van der Waals surface area contributed by atoms with Crippen molar-refractivity contribution in [2.45, 2.75) is 6.92 Å². The van der Waals surface area contributed by atoms with Crippen LogP contribution in [0, 0.1) is 34.2 Å². The third-order valence-corrected chi connectivity index (χ3v) is 3.57. The lowest BCUT2D eigenvalue weighted by atomic mass is 10.1. The first-order valence-corrected chi connectivity index (χ1v) is 7.33. The summed E-state index contributed by atoms with van der Waals surface area (Å²) in [5.74, 6) is -1.38. The van der Waals surface area contributed by atoms with Gasteiger partial charge in [0.15, 0.2) is 0 Å². The van der Waals surface area contributed by atoms with Crippen molar-refractivity contribution in [2.24, 2.45) is 0 Å². The van der Waals surface area contributed by atoms with Gasteiger partial charge in [0.1, 0.15) is 17.5 Å². The molecular weight excluding hydrogens is 349 g/mol. The van der Waals surface area contributed by atoms with Crippen molar-refractivity contribution in [3.05, 3.63) is 74.1 Å². The molecule has 0 radical (unpaired) electrons. The van der Waals surface area contributed by atoms with Gasteiger partial charge in [0, 0.05) is 17.3 Å². The molecule has 2 rings (SSSR count). The van der Waals surface area contributed by atoms with Gasteiger partial charge >= 0.3 is 0 Å². The lowest BCUT2D eigenvalue weighted by Gasteiger charge is -2.05. The van der Waals surface area contributed by atoms with Gasteiger partial charge in [-0.05, 0) is 36.8 Å². The molecule has 0 fully saturated rings. The first-order chi connectivity index (χ1) is 11.8. The number of hydrogen-bond donors (Lipinski definition) is 1. The van der Waals surface area contributed by atoms with E-state index < -0.39 is 16.6 Å². The van der Waals surface area contributed by atoms with E-state index in [1.807, 2.05) is 0 Å². The van der Waals surface area contributed by atoms with Crippen LogP contribution < -0.4 is 5.32 Å². The number of nitro groups is 1. The topological polar surface area (TPSA) is 96.0 Å². The first-order valence-electron chi connectivity index (χ1n) is 6.95. The Morgan fingerprint density at radius 1 is 1.36 bits per heavy atom. The summed E-state index contributed by atoms with van der Waals surface area (Å²) < 4.78 is 13.1. The molecule has 2 aromatic rings. The van der Waals surface area contributed by atoms with Crippen LogP contribution in [0.25, 0.3) is 6.08 Å². The number of aryl methyl sites for hydroxylation is 1. The van der Waals surface area contributed by atoms with Crippen LogP contribution in [-0.4, -0.2) is 10.8 Å². The molecule has 0 spiro atoms. The molecule has 0 aliphatic heterocycles. The van der Waals surface area contributed by atoms with Gasteiger partial charge in [-0.25, -0.2) is 4.39 Å². The number of amides is 1. The van der Waals surface area contributed by atoms with Crippen molar-refractivity contribution in [1.82, 2.24) is 0 Å². The van der Waals surface area contributed by atoms with Crippen molar-refractivity contribution in [1.29, 1.82) is 5.26 Å². The summed E-state index contributed by atoms with van der Waals surface area (Å²) in [6.07, 6.45) is 1.23. The number of halogens is 2. The van der Waals surface area contributed by atoms with E-state index in [1.54, 1.807) is 19.1 Å². The van der Waals surface area contributed by atoms with Crippen molar-refractivity contribution in [3.63, 3.8) is 0 Å². The second-order valence-electron chi connectivity index (χ2n) is 5.06. The number of nitrogens with one attached hydrogen (secondary N) is 1. The van der Waals surface area contributed by atoms with Crippen molar-refractivity contribution in [2.75, 3.05) is 5.32 Å². The highest BCUT2D eigenvalue weighted by Gasteiger charge is 2.14. The van der Waals surface area contributed by atoms with Crippen LogP contribution >= 0.6 is 11.6 Å². The summed E-state index contributed by atoms with van der Waals surface area (Å²) in [6.45, 7) is 1.59. The van der Waals surface area contributed by atoms with E-state index >= 15 is 0 Å². The van der Waals surface area contributed by atoms with Gasteiger partial charge < -0.3 is 5.32 Å². The number of nitro benzene ring substituents is 1. The maximum Gasteiger partial charge on any atom is 0.272 e. The van der Waals surface area contributed by atoms with E-state index in [0.29, 0.717) is 11.1 Å². The zero-order chi connectivity index (χ0) is 18.6. The predicted octanol–water partition coefficient (Wildman–Crippen LogP) is 4.24. The van der Waals surface area contributed by atoms with Crippen molar-refractivity contribution >= 4 is 35.0 Å². The summed E-state index contributed by atoms with van der Waals surface area (Å²) in [6, 6.07) is 9.67. The van der Waals surface area contributed by atoms with Gasteiger partial charge in [-0.3, -0.25) is 14.9 Å². The zero-order valence-corrected chi connectivity index (χ0v) is 13.7. The van der Waals surface area contributed by atoms with Crippen LogP contribution in [0.15, 0.2) is 42.0 Å². The molecule has 126 valence electrons. The molecular formula is C17H11ClFN3O3. The highest BCUT2D eigenvalue weighted by atomic mass is 35.5. The largest absolute Gasteiger partial charge is 0.321 e. The Hall–Kier alpha value is -3.24. The number of rotatable bonds is 4. The van der Waals surface area contributed by atoms with E-state index in [2.05, 4.69) is 5.32 Å². The molecule has 0 unspecified atom stereocenters. The number of nitriles is 1. The molecule has 0 aliphatic rings. The Morgan fingerprint density at radius 3 is 2.68 bits per heavy atom. The summed E-state index contributed by atoms with van der Waals surface area (Å²) >= 11 is 5.63. The number of benzene rings is 2. The van der Waals surface area contributed by atoms with Gasteiger partial charge in [0.25, 0.3) is 11.6 Å². The highest BCUT2D eigenvalue weighted by Crippen LogP contribution is 2.22. The van der Waals surface area contributed by atoms with E-state index in [-0.39, 0.29) is 22.0 Å². The average Bonchev–Trinajstić information content (AvgIpc) is 2.57. The summed E-state index contributed by atoms with van der Waals surface area (Å²) in [5.41, 5.74) is 0.634. The maximum absolute atomic E-state index is 13.1. The van der Waals surface area contributed by atoms with Crippen LogP contribution in [0.4, 0.5) is 15.8 Å². The van der Waals surface area contributed by atoms with Crippen molar-refractivity contribution in [3.8, 4) is 6.07 Å². The average molecular weight is 360 g/mol. The standard InChI is InChI=1S/C17H11ClFN3O3/c1-10-2-3-11(7-16(10)22(24)25)6-12(9-20)17(23)21-13-4-5-15(19)14(18)8-13/h2-8H,1H3,(H,21,23)/b12-6+. The van der Waals surface area contributed by atoms with E-state index in [1.165, 1.54) is 30.3 Å². The number of nitrogens with zero attached hydrogens (tertiary/aromatic N) is 2. The zero-order valence-electron chi connectivity index (χ0n) is 12.9. The predicted molar refractivity (Wildman–Crippen MR) is 91.5 cm³/mol.